The maximum absolute atomic E-state index is 13.4. The molecule has 2 aromatic carbocycles. The molecule has 2 atom stereocenters. The molecule has 2 aliphatic heterocycles. The summed E-state index contributed by atoms with van der Waals surface area (Å²) in [6, 6.07) is 20.9. The average molecular weight is 447 g/mol. The zero-order valence-electron chi connectivity index (χ0n) is 19.7. The van der Waals surface area contributed by atoms with Crippen LogP contribution in [0.5, 0.6) is 0 Å². The lowest BCUT2D eigenvalue weighted by Crippen LogP contribution is -2.44. The molecule has 1 saturated carbocycles. The molecular formula is C29H38N2O2. The van der Waals surface area contributed by atoms with Crippen molar-refractivity contribution in [3.05, 3.63) is 71.8 Å². The van der Waals surface area contributed by atoms with E-state index in [1.807, 2.05) is 35.2 Å². The van der Waals surface area contributed by atoms with Crippen molar-refractivity contribution >= 4 is 5.91 Å². The molecule has 0 bridgehead atoms. The van der Waals surface area contributed by atoms with Crippen molar-refractivity contribution in [3.8, 4) is 0 Å². The summed E-state index contributed by atoms with van der Waals surface area (Å²) in [5, 5.41) is 12.0. The van der Waals surface area contributed by atoms with Gasteiger partial charge in [0.05, 0.1) is 6.54 Å². The number of nitrogens with zero attached hydrogens (tertiary/aromatic N) is 2. The number of carbonyl (C=O) groups is 1. The molecule has 2 heterocycles. The molecule has 0 aromatic heterocycles. The topological polar surface area (TPSA) is 43.8 Å². The summed E-state index contributed by atoms with van der Waals surface area (Å²) in [4.78, 5) is 17.9. The van der Waals surface area contributed by atoms with Gasteiger partial charge in [-0.05, 0) is 55.8 Å². The third kappa shape index (κ3) is 4.88. The van der Waals surface area contributed by atoms with Gasteiger partial charge in [-0.3, -0.25) is 4.79 Å². The monoisotopic (exact) mass is 446 g/mol. The fourth-order valence-electron chi connectivity index (χ4n) is 6.43. The Bertz CT molecular complexity index is 904. The highest BCUT2D eigenvalue weighted by atomic mass is 16.3. The van der Waals surface area contributed by atoms with E-state index in [-0.39, 0.29) is 17.7 Å². The first-order valence-corrected chi connectivity index (χ1v) is 13.0. The van der Waals surface area contributed by atoms with Crippen LogP contribution in [0.4, 0.5) is 0 Å². The zero-order chi connectivity index (χ0) is 22.7. The Balaban J connectivity index is 1.28. The fourth-order valence-corrected chi connectivity index (χ4v) is 6.43. The number of piperidine rings is 1. The van der Waals surface area contributed by atoms with Crippen molar-refractivity contribution in [2.75, 3.05) is 32.7 Å². The minimum Gasteiger partial charge on any atom is -0.383 e. The van der Waals surface area contributed by atoms with E-state index in [1.54, 1.807) is 0 Å². The van der Waals surface area contributed by atoms with E-state index < -0.39 is 5.60 Å². The molecule has 1 amide bonds. The highest BCUT2D eigenvalue weighted by Gasteiger charge is 2.49. The second-order valence-corrected chi connectivity index (χ2v) is 10.5. The molecule has 0 spiro atoms. The maximum atomic E-state index is 13.4. The predicted molar refractivity (Wildman–Crippen MR) is 132 cm³/mol. The standard InChI is InChI=1S/C29H38N2O2/c32-28(25-12-6-2-7-13-25)31-21-27(29(33,22-31)26-14-8-3-9-15-26)20-30-18-16-24(17-19-30)23-10-4-1-5-11-23/h1,3-5,8-11,14-15,24-25,27,33H,2,6-7,12-13,16-22H2/t27-,29-/m1/s1. The van der Waals surface area contributed by atoms with Gasteiger partial charge in [0, 0.05) is 24.9 Å². The van der Waals surface area contributed by atoms with Gasteiger partial charge in [0.15, 0.2) is 0 Å². The lowest BCUT2D eigenvalue weighted by molar-refractivity contribution is -0.136. The minimum atomic E-state index is -0.970. The summed E-state index contributed by atoms with van der Waals surface area (Å²) in [6.45, 7) is 4.05. The van der Waals surface area contributed by atoms with Crippen molar-refractivity contribution in [1.29, 1.82) is 0 Å². The maximum Gasteiger partial charge on any atom is 0.225 e. The molecule has 3 aliphatic rings. The van der Waals surface area contributed by atoms with E-state index in [2.05, 4.69) is 35.2 Å². The lowest BCUT2D eigenvalue weighted by Gasteiger charge is -2.37. The van der Waals surface area contributed by atoms with Crippen LogP contribution >= 0.6 is 0 Å². The molecule has 2 aromatic rings. The molecule has 1 aliphatic carbocycles. The van der Waals surface area contributed by atoms with E-state index in [4.69, 9.17) is 0 Å². The average Bonchev–Trinajstić information content (AvgIpc) is 3.22. The van der Waals surface area contributed by atoms with Gasteiger partial charge in [-0.2, -0.15) is 0 Å². The Morgan fingerprint density at radius 1 is 0.879 bits per heavy atom. The van der Waals surface area contributed by atoms with Crippen molar-refractivity contribution in [1.82, 2.24) is 9.80 Å². The summed E-state index contributed by atoms with van der Waals surface area (Å²) >= 11 is 0. The van der Waals surface area contributed by atoms with Crippen LogP contribution in [0.2, 0.25) is 0 Å². The van der Waals surface area contributed by atoms with Crippen LogP contribution in [0.25, 0.3) is 0 Å². The van der Waals surface area contributed by atoms with Gasteiger partial charge in [0.2, 0.25) is 5.91 Å². The first-order valence-electron chi connectivity index (χ1n) is 13.0. The van der Waals surface area contributed by atoms with Crippen LogP contribution in [0.15, 0.2) is 60.7 Å². The first kappa shape index (κ1) is 22.6. The van der Waals surface area contributed by atoms with E-state index in [0.29, 0.717) is 19.0 Å². The number of hydrogen-bond acceptors (Lipinski definition) is 3. The summed E-state index contributed by atoms with van der Waals surface area (Å²) in [5.74, 6) is 1.10. The lowest BCUT2D eigenvalue weighted by atomic mass is 9.82. The second kappa shape index (κ2) is 9.99. The Labute approximate surface area is 198 Å². The Hall–Kier alpha value is -2.17. The Morgan fingerprint density at radius 3 is 2.18 bits per heavy atom. The van der Waals surface area contributed by atoms with Crippen LogP contribution in [0, 0.1) is 11.8 Å². The molecule has 0 radical (unpaired) electrons. The van der Waals surface area contributed by atoms with Crippen molar-refractivity contribution in [3.63, 3.8) is 0 Å². The summed E-state index contributed by atoms with van der Waals surface area (Å²) in [7, 11) is 0. The number of hydrogen-bond donors (Lipinski definition) is 1. The van der Waals surface area contributed by atoms with Crippen molar-refractivity contribution in [2.45, 2.75) is 56.5 Å². The molecule has 4 heteroatoms. The highest BCUT2D eigenvalue weighted by molar-refractivity contribution is 5.79. The van der Waals surface area contributed by atoms with Crippen molar-refractivity contribution in [2.24, 2.45) is 11.8 Å². The van der Waals surface area contributed by atoms with E-state index in [0.717, 1.165) is 63.7 Å². The van der Waals surface area contributed by atoms with Gasteiger partial charge < -0.3 is 14.9 Å². The van der Waals surface area contributed by atoms with Crippen molar-refractivity contribution < 1.29 is 9.90 Å². The highest BCUT2D eigenvalue weighted by Crippen LogP contribution is 2.40. The van der Waals surface area contributed by atoms with Gasteiger partial charge in [0.1, 0.15) is 5.60 Å². The molecule has 3 fully saturated rings. The minimum absolute atomic E-state index is 0.0423. The van der Waals surface area contributed by atoms with Gasteiger partial charge in [0.25, 0.3) is 0 Å². The van der Waals surface area contributed by atoms with Gasteiger partial charge in [-0.1, -0.05) is 79.9 Å². The predicted octanol–water partition coefficient (Wildman–Crippen LogP) is 4.79. The second-order valence-electron chi connectivity index (χ2n) is 10.5. The van der Waals surface area contributed by atoms with Gasteiger partial charge in [-0.15, -0.1) is 0 Å². The summed E-state index contributed by atoms with van der Waals surface area (Å²) in [5.41, 5.74) is 1.43. The van der Waals surface area contributed by atoms with Crippen LogP contribution in [0.1, 0.15) is 62.0 Å². The molecule has 2 saturated heterocycles. The van der Waals surface area contributed by atoms with Gasteiger partial charge >= 0.3 is 0 Å². The smallest absolute Gasteiger partial charge is 0.225 e. The third-order valence-electron chi connectivity index (χ3n) is 8.42. The van der Waals surface area contributed by atoms with Gasteiger partial charge in [-0.25, -0.2) is 0 Å². The van der Waals surface area contributed by atoms with Crippen LogP contribution < -0.4 is 0 Å². The molecule has 0 unspecified atom stereocenters. The normalized spacial score (nSPS) is 27.7. The summed E-state index contributed by atoms with van der Waals surface area (Å²) < 4.78 is 0. The molecule has 33 heavy (non-hydrogen) atoms. The van der Waals surface area contributed by atoms with Crippen LogP contribution in [0.3, 0.4) is 0 Å². The third-order valence-corrected chi connectivity index (χ3v) is 8.42. The first-order chi connectivity index (χ1) is 16.1. The molecule has 176 valence electrons. The summed E-state index contributed by atoms with van der Waals surface area (Å²) in [6.07, 6.45) is 7.91. The molecular weight excluding hydrogens is 408 g/mol. The van der Waals surface area contributed by atoms with Crippen LogP contribution in [-0.2, 0) is 10.4 Å². The molecule has 5 rings (SSSR count). The number of carbonyl (C=O) groups excluding carboxylic acids is 1. The van der Waals surface area contributed by atoms with Crippen LogP contribution in [-0.4, -0.2) is 53.5 Å². The fraction of sp³-hybridized carbons (Fsp3) is 0.552. The van der Waals surface area contributed by atoms with E-state index in [1.165, 1.54) is 12.0 Å². The Morgan fingerprint density at radius 2 is 1.52 bits per heavy atom. The Kier molecular flexibility index (Phi) is 6.84. The number of benzene rings is 2. The zero-order valence-corrected chi connectivity index (χ0v) is 19.7. The molecule has 4 nitrogen and oxygen atoms in total. The quantitative estimate of drug-likeness (QED) is 0.718. The number of amides is 1. The number of β-amino-alcohol motifs (C(OH)–C–C–N with tert-alkyl or cyclic N) is 1. The largest absolute Gasteiger partial charge is 0.383 e. The molecule has 1 N–H and O–H groups in total. The SMILES string of the molecule is O=C(C1CCCCC1)N1C[C@@H](CN2CCC(c3ccccc3)CC2)[C@](O)(c2ccccc2)C1. The number of aliphatic hydroxyl groups is 1. The van der Waals surface area contributed by atoms with E-state index >= 15 is 0 Å². The van der Waals surface area contributed by atoms with E-state index in [9.17, 15) is 9.90 Å². The number of rotatable bonds is 5. The number of likely N-dealkylation sites (tertiary alicyclic amines) is 2.